The minimum atomic E-state index is -0.151. The lowest BCUT2D eigenvalue weighted by Gasteiger charge is -2.23. The predicted octanol–water partition coefficient (Wildman–Crippen LogP) is 5.98. The zero-order chi connectivity index (χ0) is 21.0. The number of benzene rings is 2. The number of Topliss-reactive ketones (excluding diaryl/α,β-unsaturated/α-hetero) is 1. The van der Waals surface area contributed by atoms with E-state index in [2.05, 4.69) is 17.1 Å². The Labute approximate surface area is 185 Å². The Morgan fingerprint density at radius 2 is 2.00 bits per heavy atom. The van der Waals surface area contributed by atoms with E-state index in [0.29, 0.717) is 6.54 Å². The topological polar surface area (TPSA) is 44.1 Å². The number of thiophene rings is 1. The van der Waals surface area contributed by atoms with Gasteiger partial charge < -0.3 is 9.30 Å². The van der Waals surface area contributed by atoms with Crippen LogP contribution in [0.1, 0.15) is 38.9 Å². The molecule has 1 aliphatic rings. The van der Waals surface area contributed by atoms with Crippen molar-refractivity contribution in [3.05, 3.63) is 112 Å². The van der Waals surface area contributed by atoms with E-state index in [1.165, 1.54) is 0 Å². The summed E-state index contributed by atoms with van der Waals surface area (Å²) in [5.41, 5.74) is 3.82. The Balaban J connectivity index is 1.39. The van der Waals surface area contributed by atoms with E-state index in [9.17, 15) is 4.79 Å². The van der Waals surface area contributed by atoms with Crippen LogP contribution in [0.2, 0.25) is 0 Å². The lowest BCUT2D eigenvalue weighted by molar-refractivity contribution is 0.102. The van der Waals surface area contributed by atoms with E-state index in [0.717, 1.165) is 45.7 Å². The molecular weight excluding hydrogens is 404 g/mol. The molecule has 0 radical (unpaired) electrons. The summed E-state index contributed by atoms with van der Waals surface area (Å²) in [6.45, 7) is 0.660. The summed E-state index contributed by atoms with van der Waals surface area (Å²) < 4.78 is 8.43. The van der Waals surface area contributed by atoms with Crippen LogP contribution in [0.15, 0.2) is 90.3 Å². The summed E-state index contributed by atoms with van der Waals surface area (Å²) >= 11 is 1.65. The van der Waals surface area contributed by atoms with Crippen LogP contribution < -0.4 is 4.74 Å². The fourth-order valence-corrected chi connectivity index (χ4v) is 4.62. The van der Waals surface area contributed by atoms with Crippen LogP contribution in [-0.2, 0) is 13.0 Å². The zero-order valence-electron chi connectivity index (χ0n) is 17.0. The van der Waals surface area contributed by atoms with Gasteiger partial charge in [0.05, 0.1) is 12.9 Å². The maximum Gasteiger partial charge on any atom is 0.189 e. The molecule has 2 heterocycles. The Bertz CT molecular complexity index is 1200. The first-order chi connectivity index (χ1) is 15.3. The first-order valence-corrected chi connectivity index (χ1v) is 11.2. The molecule has 0 spiro atoms. The van der Waals surface area contributed by atoms with Crippen LogP contribution in [0, 0.1) is 0 Å². The summed E-state index contributed by atoms with van der Waals surface area (Å²) in [4.78, 5) is 18.3. The number of ether oxygens (including phenoxy) is 1. The van der Waals surface area contributed by atoms with E-state index in [1.807, 2.05) is 70.8 Å². The summed E-state index contributed by atoms with van der Waals surface area (Å²) in [5, 5.41) is 2.03. The van der Waals surface area contributed by atoms with E-state index in [-0.39, 0.29) is 11.9 Å². The quantitative estimate of drug-likeness (QED) is 0.356. The second kappa shape index (κ2) is 8.74. The van der Waals surface area contributed by atoms with Gasteiger partial charge in [0, 0.05) is 28.4 Å². The van der Waals surface area contributed by atoms with Gasteiger partial charge in [0.25, 0.3) is 0 Å². The number of carbonyl (C=O) groups is 1. The van der Waals surface area contributed by atoms with Gasteiger partial charge in [0.2, 0.25) is 0 Å². The molecule has 0 fully saturated rings. The SMILES string of the molecule is O=C1/C(=C\c2cccs2)CCc2cc(OC(Cn3ccnc3)c3ccccc3)ccc21. The van der Waals surface area contributed by atoms with Crippen molar-refractivity contribution < 1.29 is 9.53 Å². The average Bonchev–Trinajstić information content (AvgIpc) is 3.50. The van der Waals surface area contributed by atoms with Gasteiger partial charge in [-0.05, 0) is 59.7 Å². The van der Waals surface area contributed by atoms with Crippen LogP contribution in [0.25, 0.3) is 6.08 Å². The van der Waals surface area contributed by atoms with Gasteiger partial charge in [-0.15, -0.1) is 11.3 Å². The smallest absolute Gasteiger partial charge is 0.189 e. The summed E-state index contributed by atoms with van der Waals surface area (Å²) in [5.74, 6) is 0.908. The van der Waals surface area contributed by atoms with Crippen molar-refractivity contribution in [2.24, 2.45) is 0 Å². The largest absolute Gasteiger partial charge is 0.484 e. The molecule has 5 rings (SSSR count). The monoisotopic (exact) mass is 426 g/mol. The Kier molecular flexibility index (Phi) is 5.50. The van der Waals surface area contributed by atoms with Gasteiger partial charge in [0.15, 0.2) is 5.78 Å². The number of aryl methyl sites for hydroxylation is 1. The first kappa shape index (κ1) is 19.5. The molecule has 0 saturated carbocycles. The van der Waals surface area contributed by atoms with Crippen molar-refractivity contribution in [2.45, 2.75) is 25.5 Å². The third-order valence-electron chi connectivity index (χ3n) is 5.52. The number of rotatable bonds is 6. The number of allylic oxidation sites excluding steroid dienone is 1. The minimum Gasteiger partial charge on any atom is -0.484 e. The molecule has 4 aromatic rings. The van der Waals surface area contributed by atoms with Gasteiger partial charge in [0.1, 0.15) is 11.9 Å². The molecule has 31 heavy (non-hydrogen) atoms. The third kappa shape index (κ3) is 4.37. The van der Waals surface area contributed by atoms with Gasteiger partial charge in [-0.25, -0.2) is 4.98 Å². The van der Waals surface area contributed by atoms with E-state index >= 15 is 0 Å². The molecule has 5 heteroatoms. The van der Waals surface area contributed by atoms with Gasteiger partial charge in [-0.1, -0.05) is 36.4 Å². The summed E-state index contributed by atoms with van der Waals surface area (Å²) in [7, 11) is 0. The maximum atomic E-state index is 13.0. The number of aromatic nitrogens is 2. The molecule has 4 nitrogen and oxygen atoms in total. The molecule has 1 atom stereocenters. The Morgan fingerprint density at radius 1 is 1.10 bits per heavy atom. The molecule has 0 aliphatic heterocycles. The molecule has 1 aliphatic carbocycles. The number of nitrogens with zero attached hydrogens (tertiary/aromatic N) is 2. The average molecular weight is 427 g/mol. The maximum absolute atomic E-state index is 13.0. The molecular formula is C26H22N2O2S. The van der Waals surface area contributed by atoms with E-state index in [4.69, 9.17) is 4.74 Å². The molecule has 1 unspecified atom stereocenters. The van der Waals surface area contributed by atoms with Gasteiger partial charge >= 0.3 is 0 Å². The highest BCUT2D eigenvalue weighted by atomic mass is 32.1. The number of ketones is 1. The summed E-state index contributed by atoms with van der Waals surface area (Å²) in [6.07, 6.45) is 8.97. The first-order valence-electron chi connectivity index (χ1n) is 10.4. The molecule has 0 saturated heterocycles. The summed E-state index contributed by atoms with van der Waals surface area (Å²) in [6, 6.07) is 20.1. The van der Waals surface area contributed by atoms with E-state index < -0.39 is 0 Å². The van der Waals surface area contributed by atoms with Crippen molar-refractivity contribution >= 4 is 23.2 Å². The van der Waals surface area contributed by atoms with Crippen molar-refractivity contribution in [1.29, 1.82) is 0 Å². The Morgan fingerprint density at radius 3 is 2.77 bits per heavy atom. The fourth-order valence-electron chi connectivity index (χ4n) is 3.94. The highest BCUT2D eigenvalue weighted by Crippen LogP contribution is 2.32. The van der Waals surface area contributed by atoms with E-state index in [1.54, 1.807) is 23.9 Å². The Hall–Kier alpha value is -3.44. The highest BCUT2D eigenvalue weighted by molar-refractivity contribution is 7.10. The second-order valence-corrected chi connectivity index (χ2v) is 8.59. The molecule has 0 N–H and O–H groups in total. The third-order valence-corrected chi connectivity index (χ3v) is 6.34. The van der Waals surface area contributed by atoms with Crippen LogP contribution in [0.3, 0.4) is 0 Å². The number of hydrogen-bond acceptors (Lipinski definition) is 4. The number of imidazole rings is 1. The molecule has 154 valence electrons. The lowest BCUT2D eigenvalue weighted by Crippen LogP contribution is -2.16. The molecule has 2 aromatic heterocycles. The predicted molar refractivity (Wildman–Crippen MR) is 123 cm³/mol. The van der Waals surface area contributed by atoms with Crippen molar-refractivity contribution in [3.63, 3.8) is 0 Å². The number of fused-ring (bicyclic) bond motifs is 1. The normalized spacial score (nSPS) is 15.6. The van der Waals surface area contributed by atoms with Crippen molar-refractivity contribution in [3.8, 4) is 5.75 Å². The standard InChI is InChI=1S/C26H22N2O2S/c29-26-21(16-23-7-4-14-31-23)9-8-20-15-22(10-11-24(20)26)30-25(17-28-13-12-27-18-28)19-5-2-1-3-6-19/h1-7,10-16,18,25H,8-9,17H2/b21-16-. The van der Waals surface area contributed by atoms with Crippen LogP contribution >= 0.6 is 11.3 Å². The minimum absolute atomic E-state index is 0.124. The van der Waals surface area contributed by atoms with Crippen LogP contribution in [-0.4, -0.2) is 15.3 Å². The molecule has 2 aromatic carbocycles. The van der Waals surface area contributed by atoms with Crippen LogP contribution in [0.5, 0.6) is 5.75 Å². The van der Waals surface area contributed by atoms with Gasteiger partial charge in [-0.2, -0.15) is 0 Å². The molecule has 0 amide bonds. The highest BCUT2D eigenvalue weighted by Gasteiger charge is 2.23. The number of carbonyl (C=O) groups excluding carboxylic acids is 1. The van der Waals surface area contributed by atoms with Crippen LogP contribution in [0.4, 0.5) is 0 Å². The van der Waals surface area contributed by atoms with Crippen molar-refractivity contribution in [1.82, 2.24) is 9.55 Å². The fraction of sp³-hybridized carbons (Fsp3) is 0.154. The zero-order valence-corrected chi connectivity index (χ0v) is 17.8. The van der Waals surface area contributed by atoms with Gasteiger partial charge in [-0.3, -0.25) is 4.79 Å². The molecule has 0 bridgehead atoms. The van der Waals surface area contributed by atoms with Crippen molar-refractivity contribution in [2.75, 3.05) is 0 Å². The second-order valence-electron chi connectivity index (χ2n) is 7.61. The lowest BCUT2D eigenvalue weighted by atomic mass is 9.86. The number of hydrogen-bond donors (Lipinski definition) is 0.